The van der Waals surface area contributed by atoms with Crippen LogP contribution in [0.1, 0.15) is 12.0 Å². The van der Waals surface area contributed by atoms with Gasteiger partial charge in [-0.15, -0.1) is 0 Å². The number of benzene rings is 4. The molecule has 0 atom stereocenters. The first-order chi connectivity index (χ1) is 21.5. The van der Waals surface area contributed by atoms with Crippen LogP contribution < -0.4 is 19.2 Å². The fourth-order valence-corrected chi connectivity index (χ4v) is 7.77. The number of hydrogen-bond acceptors (Lipinski definition) is 7. The minimum Gasteiger partial charge on any atom is -0.378 e. The summed E-state index contributed by atoms with van der Waals surface area (Å²) in [5.74, 6) is -0.483. The van der Waals surface area contributed by atoms with Crippen LogP contribution in [0, 0.1) is 6.92 Å². The Labute approximate surface area is 268 Å². The van der Waals surface area contributed by atoms with E-state index in [4.69, 9.17) is 16.3 Å². The molecule has 13 heteroatoms. The van der Waals surface area contributed by atoms with Gasteiger partial charge in [-0.1, -0.05) is 47.5 Å². The fourth-order valence-electron chi connectivity index (χ4n) is 4.85. The summed E-state index contributed by atoms with van der Waals surface area (Å²) in [5, 5.41) is 3.22. The molecule has 1 heterocycles. The van der Waals surface area contributed by atoms with Gasteiger partial charge in [0.1, 0.15) is 4.90 Å². The Morgan fingerprint density at radius 2 is 1.51 bits per heavy atom. The van der Waals surface area contributed by atoms with E-state index in [-0.39, 0.29) is 28.4 Å². The highest BCUT2D eigenvalue weighted by atomic mass is 35.5. The molecule has 0 spiro atoms. The van der Waals surface area contributed by atoms with E-state index in [2.05, 4.69) is 10.0 Å². The van der Waals surface area contributed by atoms with Crippen LogP contribution in [0.3, 0.4) is 0 Å². The van der Waals surface area contributed by atoms with E-state index in [1.807, 2.05) is 11.8 Å². The predicted octanol–water partition coefficient (Wildman–Crippen LogP) is 5.51. The quantitative estimate of drug-likeness (QED) is 0.216. The Morgan fingerprint density at radius 1 is 0.867 bits per heavy atom. The number of nitrogens with zero attached hydrogens (tertiary/aromatic N) is 2. The molecule has 1 aliphatic rings. The number of amides is 1. The SMILES string of the molecule is Cc1ccc(N(CCC(=O)Nc2ccc(N3CCOCC3)c(S(=O)(=O)Nc3ccc(Cl)cc3)c2)S(=O)(=O)c2ccccc2)cc1. The van der Waals surface area contributed by atoms with Gasteiger partial charge in [0.25, 0.3) is 20.0 Å². The van der Waals surface area contributed by atoms with Crippen LogP contribution in [0.5, 0.6) is 0 Å². The second kappa shape index (κ2) is 13.9. The number of anilines is 4. The molecule has 1 amide bonds. The maximum absolute atomic E-state index is 13.6. The van der Waals surface area contributed by atoms with Gasteiger partial charge in [-0.25, -0.2) is 16.8 Å². The molecule has 236 valence electrons. The second-order valence-electron chi connectivity index (χ2n) is 10.4. The van der Waals surface area contributed by atoms with Gasteiger partial charge in [0.15, 0.2) is 0 Å². The maximum Gasteiger partial charge on any atom is 0.264 e. The summed E-state index contributed by atoms with van der Waals surface area (Å²) >= 11 is 5.97. The number of hydrogen-bond donors (Lipinski definition) is 2. The third kappa shape index (κ3) is 7.95. The van der Waals surface area contributed by atoms with Crippen molar-refractivity contribution in [1.29, 1.82) is 0 Å². The van der Waals surface area contributed by atoms with Crippen LogP contribution in [0.2, 0.25) is 5.02 Å². The van der Waals surface area contributed by atoms with Gasteiger partial charge in [-0.2, -0.15) is 0 Å². The van der Waals surface area contributed by atoms with Crippen molar-refractivity contribution in [3.63, 3.8) is 0 Å². The topological polar surface area (TPSA) is 125 Å². The third-order valence-corrected chi connectivity index (χ3v) is 10.7. The molecule has 0 bridgehead atoms. The molecule has 1 fully saturated rings. The first kappa shape index (κ1) is 32.3. The first-order valence-corrected chi connectivity index (χ1v) is 17.5. The highest BCUT2D eigenvalue weighted by Gasteiger charge is 2.27. The zero-order chi connectivity index (χ0) is 32.0. The third-order valence-electron chi connectivity index (χ3n) is 7.18. The normalized spacial score (nSPS) is 13.7. The Morgan fingerprint density at radius 3 is 2.18 bits per heavy atom. The van der Waals surface area contributed by atoms with Crippen LogP contribution in [0.15, 0.2) is 107 Å². The molecular formula is C32H33ClN4O6S2. The molecule has 0 radical (unpaired) electrons. The second-order valence-corrected chi connectivity index (χ2v) is 14.4. The molecule has 0 unspecified atom stereocenters. The Balaban J connectivity index is 1.39. The van der Waals surface area contributed by atoms with Gasteiger partial charge < -0.3 is 15.0 Å². The summed E-state index contributed by atoms with van der Waals surface area (Å²) in [6.45, 7) is 3.66. The zero-order valence-corrected chi connectivity index (χ0v) is 26.9. The molecule has 0 aromatic heterocycles. The maximum atomic E-state index is 13.6. The van der Waals surface area contributed by atoms with Gasteiger partial charge in [-0.3, -0.25) is 13.8 Å². The molecule has 45 heavy (non-hydrogen) atoms. The van der Waals surface area contributed by atoms with Crippen molar-refractivity contribution >= 4 is 60.3 Å². The Bertz CT molecular complexity index is 1850. The predicted molar refractivity (Wildman–Crippen MR) is 177 cm³/mol. The summed E-state index contributed by atoms with van der Waals surface area (Å²) in [4.78, 5) is 15.2. The monoisotopic (exact) mass is 668 g/mol. The summed E-state index contributed by atoms with van der Waals surface area (Å²) in [6.07, 6.45) is -0.184. The summed E-state index contributed by atoms with van der Waals surface area (Å²) in [6, 6.07) is 26.0. The van der Waals surface area contributed by atoms with Crippen molar-refractivity contribution in [2.75, 3.05) is 52.1 Å². The van der Waals surface area contributed by atoms with Crippen LogP contribution in [0.4, 0.5) is 22.7 Å². The minimum atomic E-state index is -4.09. The molecular weight excluding hydrogens is 636 g/mol. The number of nitrogens with one attached hydrogen (secondary N) is 2. The van der Waals surface area contributed by atoms with E-state index in [0.29, 0.717) is 48.4 Å². The molecule has 1 saturated heterocycles. The average molecular weight is 669 g/mol. The molecule has 4 aromatic rings. The Hall–Kier alpha value is -4.10. The molecule has 0 aliphatic carbocycles. The van der Waals surface area contributed by atoms with Crippen molar-refractivity contribution < 1.29 is 26.4 Å². The van der Waals surface area contributed by atoms with Gasteiger partial charge in [-0.05, 0) is 73.7 Å². The Kier molecular flexibility index (Phi) is 9.98. The van der Waals surface area contributed by atoms with Gasteiger partial charge in [0.2, 0.25) is 5.91 Å². The molecule has 10 nitrogen and oxygen atoms in total. The van der Waals surface area contributed by atoms with Crippen molar-refractivity contribution in [3.8, 4) is 0 Å². The standard InChI is InChI=1S/C32H33ClN4O6S2/c1-24-7-14-28(15-8-24)37(45(41,42)29-5-3-2-4-6-29)18-17-32(38)34-27-13-16-30(36-19-21-43-22-20-36)31(23-27)44(39,40)35-26-11-9-25(33)10-12-26/h2-16,23,35H,17-22H2,1H3,(H,34,38). The van der Waals surface area contributed by atoms with Crippen LogP contribution in [-0.4, -0.2) is 55.6 Å². The lowest BCUT2D eigenvalue weighted by molar-refractivity contribution is -0.116. The minimum absolute atomic E-state index is 0.0231. The molecule has 4 aromatic carbocycles. The number of carbonyl (C=O) groups is 1. The number of morpholine rings is 1. The highest BCUT2D eigenvalue weighted by Crippen LogP contribution is 2.31. The number of carbonyl (C=O) groups excluding carboxylic acids is 1. The lowest BCUT2D eigenvalue weighted by Crippen LogP contribution is -2.37. The smallest absolute Gasteiger partial charge is 0.264 e. The first-order valence-electron chi connectivity index (χ1n) is 14.2. The summed E-state index contributed by atoms with van der Waals surface area (Å²) in [7, 11) is -8.06. The lowest BCUT2D eigenvalue weighted by Gasteiger charge is -2.30. The van der Waals surface area contributed by atoms with E-state index in [1.165, 1.54) is 22.5 Å². The van der Waals surface area contributed by atoms with Crippen LogP contribution >= 0.6 is 11.6 Å². The van der Waals surface area contributed by atoms with Crippen molar-refractivity contribution in [3.05, 3.63) is 108 Å². The van der Waals surface area contributed by atoms with E-state index >= 15 is 0 Å². The molecule has 2 N–H and O–H groups in total. The van der Waals surface area contributed by atoms with E-state index < -0.39 is 26.0 Å². The number of aryl methyl sites for hydroxylation is 1. The largest absolute Gasteiger partial charge is 0.378 e. The number of rotatable bonds is 11. The molecule has 1 aliphatic heterocycles. The van der Waals surface area contributed by atoms with Crippen molar-refractivity contribution in [1.82, 2.24) is 0 Å². The lowest BCUT2D eigenvalue weighted by atomic mass is 10.2. The molecule has 5 rings (SSSR count). The number of halogens is 1. The van der Waals surface area contributed by atoms with Gasteiger partial charge in [0, 0.05) is 42.5 Å². The fraction of sp³-hybridized carbons (Fsp3) is 0.219. The van der Waals surface area contributed by atoms with Gasteiger partial charge >= 0.3 is 0 Å². The van der Waals surface area contributed by atoms with E-state index in [9.17, 15) is 21.6 Å². The zero-order valence-electron chi connectivity index (χ0n) is 24.5. The van der Waals surface area contributed by atoms with Crippen molar-refractivity contribution in [2.24, 2.45) is 0 Å². The van der Waals surface area contributed by atoms with Crippen LogP contribution in [-0.2, 0) is 29.6 Å². The highest BCUT2D eigenvalue weighted by molar-refractivity contribution is 7.93. The number of ether oxygens (including phenoxy) is 1. The van der Waals surface area contributed by atoms with Gasteiger partial charge in [0.05, 0.1) is 29.5 Å². The van der Waals surface area contributed by atoms with Crippen molar-refractivity contribution in [2.45, 2.75) is 23.1 Å². The number of sulfonamides is 2. The van der Waals surface area contributed by atoms with E-state index in [1.54, 1.807) is 78.9 Å². The summed E-state index contributed by atoms with van der Waals surface area (Å²) < 4.78 is 63.7. The van der Waals surface area contributed by atoms with Crippen LogP contribution in [0.25, 0.3) is 0 Å². The average Bonchev–Trinajstić information content (AvgIpc) is 3.04. The van der Waals surface area contributed by atoms with E-state index in [0.717, 1.165) is 5.56 Å². The molecule has 0 saturated carbocycles. The summed E-state index contributed by atoms with van der Waals surface area (Å²) in [5.41, 5.74) is 2.44.